The fourth-order valence-corrected chi connectivity index (χ4v) is 1.68. The van der Waals surface area contributed by atoms with Crippen molar-refractivity contribution in [2.24, 2.45) is 5.73 Å². The van der Waals surface area contributed by atoms with Crippen molar-refractivity contribution in [3.05, 3.63) is 29.8 Å². The molecule has 0 bridgehead atoms. The number of nitrogens with two attached hydrogens (primary N) is 1. The highest BCUT2D eigenvalue weighted by molar-refractivity contribution is 5.75. The van der Waals surface area contributed by atoms with E-state index in [4.69, 9.17) is 19.9 Å². The number of hydrogen-bond donors (Lipinski definition) is 2. The predicted molar refractivity (Wildman–Crippen MR) is 78.1 cm³/mol. The lowest BCUT2D eigenvalue weighted by Gasteiger charge is -2.12. The Kier molecular flexibility index (Phi) is 8.42. The summed E-state index contributed by atoms with van der Waals surface area (Å²) in [6.45, 7) is 1.76. The zero-order chi connectivity index (χ0) is 15.5. The smallest absolute Gasteiger partial charge is 0.323 e. The molecule has 0 spiro atoms. The second-order valence-corrected chi connectivity index (χ2v) is 4.60. The molecule has 0 aliphatic carbocycles. The maximum atomic E-state index is 11.7. The molecule has 0 aromatic heterocycles. The first-order chi connectivity index (χ1) is 10.1. The fourth-order valence-electron chi connectivity index (χ4n) is 1.68. The van der Waals surface area contributed by atoms with Crippen molar-refractivity contribution < 1.29 is 24.1 Å². The maximum absolute atomic E-state index is 11.7. The summed E-state index contributed by atoms with van der Waals surface area (Å²) in [4.78, 5) is 11.7. The van der Waals surface area contributed by atoms with E-state index in [-0.39, 0.29) is 12.4 Å². The van der Waals surface area contributed by atoms with Crippen molar-refractivity contribution >= 4 is 5.97 Å². The van der Waals surface area contributed by atoms with Gasteiger partial charge in [-0.15, -0.1) is 0 Å². The molecule has 0 fully saturated rings. The molecule has 0 radical (unpaired) electrons. The summed E-state index contributed by atoms with van der Waals surface area (Å²) in [6.07, 6.45) is 1.18. The lowest BCUT2D eigenvalue weighted by molar-refractivity contribution is -0.146. The molecule has 6 nitrogen and oxygen atoms in total. The van der Waals surface area contributed by atoms with Crippen molar-refractivity contribution in [1.82, 2.24) is 0 Å². The Morgan fingerprint density at radius 2 is 1.90 bits per heavy atom. The molecule has 118 valence electrons. The van der Waals surface area contributed by atoms with Crippen LogP contribution in [0, 0.1) is 0 Å². The van der Waals surface area contributed by atoms with Gasteiger partial charge in [-0.1, -0.05) is 12.1 Å². The molecule has 0 saturated carbocycles. The van der Waals surface area contributed by atoms with Gasteiger partial charge in [-0.05, 0) is 30.5 Å². The number of aromatic hydroxyl groups is 1. The number of phenolic OH excluding ortho intramolecular Hbond substituents is 1. The summed E-state index contributed by atoms with van der Waals surface area (Å²) in [6, 6.07) is 5.84. The van der Waals surface area contributed by atoms with Crippen molar-refractivity contribution in [1.29, 1.82) is 0 Å². The van der Waals surface area contributed by atoms with Gasteiger partial charge in [0.15, 0.2) is 0 Å². The van der Waals surface area contributed by atoms with Gasteiger partial charge in [-0.25, -0.2) is 0 Å². The molecule has 6 heteroatoms. The number of esters is 1. The highest BCUT2D eigenvalue weighted by Gasteiger charge is 2.15. The van der Waals surface area contributed by atoms with Crippen LogP contribution in [0.3, 0.4) is 0 Å². The van der Waals surface area contributed by atoms with Crippen molar-refractivity contribution in [2.75, 3.05) is 33.5 Å². The number of benzene rings is 1. The zero-order valence-corrected chi connectivity index (χ0v) is 12.3. The van der Waals surface area contributed by atoms with Gasteiger partial charge in [0.05, 0.1) is 6.61 Å². The van der Waals surface area contributed by atoms with E-state index in [0.717, 1.165) is 12.0 Å². The molecule has 1 rings (SSSR count). The Morgan fingerprint density at radius 1 is 1.19 bits per heavy atom. The van der Waals surface area contributed by atoms with Crippen molar-refractivity contribution in [3.8, 4) is 5.75 Å². The maximum Gasteiger partial charge on any atom is 0.323 e. The van der Waals surface area contributed by atoms with Gasteiger partial charge in [0.1, 0.15) is 18.4 Å². The molecular weight excluding hydrogens is 274 g/mol. The first-order valence-corrected chi connectivity index (χ1v) is 6.90. The molecule has 21 heavy (non-hydrogen) atoms. The Labute approximate surface area is 124 Å². The molecule has 0 aliphatic rings. The van der Waals surface area contributed by atoms with E-state index in [2.05, 4.69) is 0 Å². The van der Waals surface area contributed by atoms with Gasteiger partial charge >= 0.3 is 5.97 Å². The summed E-state index contributed by atoms with van der Waals surface area (Å²) in [7, 11) is 1.64. The fraction of sp³-hybridized carbons (Fsp3) is 0.533. The van der Waals surface area contributed by atoms with E-state index >= 15 is 0 Å². The van der Waals surface area contributed by atoms with Crippen LogP contribution in [0.25, 0.3) is 0 Å². The summed E-state index contributed by atoms with van der Waals surface area (Å²) < 4.78 is 15.2. The van der Waals surface area contributed by atoms with E-state index < -0.39 is 12.0 Å². The van der Waals surface area contributed by atoms with Gasteiger partial charge < -0.3 is 25.1 Å². The van der Waals surface area contributed by atoms with Crippen molar-refractivity contribution in [3.63, 3.8) is 0 Å². The number of carbonyl (C=O) groups is 1. The average Bonchev–Trinajstić information content (AvgIpc) is 2.48. The molecule has 0 heterocycles. The first-order valence-electron chi connectivity index (χ1n) is 6.90. The minimum absolute atomic E-state index is 0.181. The monoisotopic (exact) mass is 297 g/mol. The standard InChI is InChI=1S/C15H23NO5/c1-19-7-2-8-20-9-10-21-15(18)14(16)11-12-3-5-13(17)6-4-12/h3-6,14,17H,2,7-11,16H2,1H3/t14-/m1/s1. The first kappa shape index (κ1) is 17.4. The normalized spacial score (nSPS) is 12.1. The predicted octanol–water partition coefficient (Wildman–Crippen LogP) is 0.858. The topological polar surface area (TPSA) is 91.0 Å². The van der Waals surface area contributed by atoms with Crippen LogP contribution in [0.1, 0.15) is 12.0 Å². The summed E-state index contributed by atoms with van der Waals surface area (Å²) in [5, 5.41) is 9.18. The van der Waals surface area contributed by atoms with Crippen LogP contribution in [0.5, 0.6) is 5.75 Å². The molecule has 0 saturated heterocycles. The van der Waals surface area contributed by atoms with Crippen LogP contribution in [0.4, 0.5) is 0 Å². The third-order valence-electron chi connectivity index (χ3n) is 2.80. The molecule has 1 aromatic rings. The molecule has 3 N–H and O–H groups in total. The minimum atomic E-state index is -0.719. The highest BCUT2D eigenvalue weighted by atomic mass is 16.6. The van der Waals surface area contributed by atoms with Crippen LogP contribution in [0.15, 0.2) is 24.3 Å². The Hall–Kier alpha value is -1.63. The van der Waals surface area contributed by atoms with Gasteiger partial charge in [-0.3, -0.25) is 4.79 Å². The minimum Gasteiger partial charge on any atom is -0.508 e. The van der Waals surface area contributed by atoms with Gasteiger partial charge in [0, 0.05) is 20.3 Å². The number of phenols is 1. The number of hydrogen-bond acceptors (Lipinski definition) is 6. The number of methoxy groups -OCH3 is 1. The second kappa shape index (κ2) is 10.1. The van der Waals surface area contributed by atoms with Gasteiger partial charge in [0.25, 0.3) is 0 Å². The Balaban J connectivity index is 2.15. The third kappa shape index (κ3) is 7.65. The van der Waals surface area contributed by atoms with E-state index in [0.29, 0.717) is 26.2 Å². The number of rotatable bonds is 10. The van der Waals surface area contributed by atoms with Crippen LogP contribution in [-0.2, 0) is 25.4 Å². The zero-order valence-electron chi connectivity index (χ0n) is 12.3. The molecule has 0 aliphatic heterocycles. The lowest BCUT2D eigenvalue weighted by Crippen LogP contribution is -2.35. The van der Waals surface area contributed by atoms with Crippen LogP contribution >= 0.6 is 0 Å². The summed E-state index contributed by atoms with van der Waals surface area (Å²) in [5.41, 5.74) is 6.64. The second-order valence-electron chi connectivity index (χ2n) is 4.60. The molecule has 0 amide bonds. The Bertz CT molecular complexity index is 407. The largest absolute Gasteiger partial charge is 0.508 e. The lowest BCUT2D eigenvalue weighted by atomic mass is 10.1. The van der Waals surface area contributed by atoms with Gasteiger partial charge in [0.2, 0.25) is 0 Å². The van der Waals surface area contributed by atoms with Crippen LogP contribution < -0.4 is 5.73 Å². The van der Waals surface area contributed by atoms with Gasteiger partial charge in [-0.2, -0.15) is 0 Å². The van der Waals surface area contributed by atoms with E-state index in [1.807, 2.05) is 0 Å². The average molecular weight is 297 g/mol. The van der Waals surface area contributed by atoms with Crippen LogP contribution in [-0.4, -0.2) is 50.7 Å². The number of ether oxygens (including phenoxy) is 3. The van der Waals surface area contributed by atoms with Crippen LogP contribution in [0.2, 0.25) is 0 Å². The van der Waals surface area contributed by atoms with Crippen molar-refractivity contribution in [2.45, 2.75) is 18.9 Å². The third-order valence-corrected chi connectivity index (χ3v) is 2.80. The SMILES string of the molecule is COCCCOCCOC(=O)[C@H](N)Cc1ccc(O)cc1. The summed E-state index contributed by atoms with van der Waals surface area (Å²) >= 11 is 0. The van der Waals surface area contributed by atoms with E-state index in [9.17, 15) is 9.90 Å². The molecule has 1 aromatic carbocycles. The molecule has 1 atom stereocenters. The number of carbonyl (C=O) groups excluding carboxylic acids is 1. The van der Waals surface area contributed by atoms with E-state index in [1.165, 1.54) is 0 Å². The Morgan fingerprint density at radius 3 is 2.57 bits per heavy atom. The summed E-state index contributed by atoms with van der Waals surface area (Å²) in [5.74, 6) is -0.274. The molecular formula is C15H23NO5. The van der Waals surface area contributed by atoms with E-state index in [1.54, 1.807) is 31.4 Å². The highest BCUT2D eigenvalue weighted by Crippen LogP contribution is 2.11. The molecule has 0 unspecified atom stereocenters. The quantitative estimate of drug-likeness (QED) is 0.491.